The largest absolute Gasteiger partial charge is 0.382 e. The minimum Gasteiger partial charge on any atom is -0.382 e. The van der Waals surface area contributed by atoms with Crippen molar-refractivity contribution in [2.75, 3.05) is 19.0 Å². The Kier molecular flexibility index (Phi) is 4.43. The van der Waals surface area contributed by atoms with Crippen LogP contribution in [0.15, 0.2) is 18.2 Å². The molecular weight excluding hydrogens is 240 g/mol. The predicted octanol–water partition coefficient (Wildman–Crippen LogP) is 2.33. The fourth-order valence-corrected chi connectivity index (χ4v) is 2.45. The summed E-state index contributed by atoms with van der Waals surface area (Å²) in [4.78, 5) is 11.7. The molecule has 1 fully saturated rings. The van der Waals surface area contributed by atoms with Crippen LogP contribution < -0.4 is 10.6 Å². The van der Waals surface area contributed by atoms with Gasteiger partial charge in [0.2, 0.25) is 0 Å². The summed E-state index contributed by atoms with van der Waals surface area (Å²) in [6, 6.07) is 6.24. The molecule has 1 aliphatic rings. The summed E-state index contributed by atoms with van der Waals surface area (Å²) in [7, 11) is 1.65. The molecule has 0 heterocycles. The van der Waals surface area contributed by atoms with Gasteiger partial charge in [0, 0.05) is 30.9 Å². The van der Waals surface area contributed by atoms with E-state index in [4.69, 9.17) is 4.74 Å². The minimum atomic E-state index is -0.0399. The average Bonchev–Trinajstić information content (AvgIpc) is 2.37. The molecule has 0 atom stereocenters. The van der Waals surface area contributed by atoms with E-state index < -0.39 is 0 Å². The summed E-state index contributed by atoms with van der Waals surface area (Å²) < 4.78 is 5.55. The van der Waals surface area contributed by atoms with Crippen molar-refractivity contribution in [1.82, 2.24) is 5.32 Å². The second-order valence-corrected chi connectivity index (χ2v) is 4.95. The van der Waals surface area contributed by atoms with Crippen LogP contribution in [0.2, 0.25) is 0 Å². The molecule has 0 aromatic heterocycles. The molecule has 0 spiro atoms. The number of carbonyl (C=O) groups is 1. The highest BCUT2D eigenvalue weighted by molar-refractivity contribution is 5.96. The normalized spacial score (nSPS) is 21.6. The van der Waals surface area contributed by atoms with Gasteiger partial charge in [-0.15, -0.1) is 0 Å². The van der Waals surface area contributed by atoms with Crippen LogP contribution in [0, 0.1) is 6.92 Å². The van der Waals surface area contributed by atoms with Gasteiger partial charge in [0.05, 0.1) is 6.10 Å². The van der Waals surface area contributed by atoms with Crippen LogP contribution in [0.1, 0.15) is 35.7 Å². The Bertz CT molecular complexity index is 453. The monoisotopic (exact) mass is 262 g/mol. The van der Waals surface area contributed by atoms with Gasteiger partial charge in [0.1, 0.15) is 0 Å². The molecule has 0 unspecified atom stereocenters. The van der Waals surface area contributed by atoms with E-state index in [9.17, 15) is 4.79 Å². The van der Waals surface area contributed by atoms with Crippen molar-refractivity contribution in [3.63, 3.8) is 0 Å². The second kappa shape index (κ2) is 6.06. The van der Waals surface area contributed by atoms with Gasteiger partial charge < -0.3 is 15.4 Å². The standard InChI is InChI=1S/C15H22N2O2/c1-4-19-12-8-11(9-12)17-14-7-5-6-13(10(14)2)15(18)16-3/h5-7,11-12,17H,4,8-9H2,1-3H3,(H,16,18). The first kappa shape index (κ1) is 13.9. The molecule has 0 saturated heterocycles. The van der Waals surface area contributed by atoms with E-state index in [-0.39, 0.29) is 5.91 Å². The molecule has 1 aromatic carbocycles. The van der Waals surface area contributed by atoms with E-state index in [1.807, 2.05) is 32.0 Å². The summed E-state index contributed by atoms with van der Waals surface area (Å²) in [5.74, 6) is -0.0399. The number of ether oxygens (including phenoxy) is 1. The summed E-state index contributed by atoms with van der Waals surface area (Å²) in [5, 5.41) is 6.16. The highest BCUT2D eigenvalue weighted by Crippen LogP contribution is 2.28. The van der Waals surface area contributed by atoms with E-state index >= 15 is 0 Å². The van der Waals surface area contributed by atoms with Crippen molar-refractivity contribution in [2.24, 2.45) is 0 Å². The van der Waals surface area contributed by atoms with E-state index in [0.717, 1.165) is 36.3 Å². The molecule has 4 heteroatoms. The fourth-order valence-electron chi connectivity index (χ4n) is 2.45. The maximum atomic E-state index is 11.7. The second-order valence-electron chi connectivity index (χ2n) is 4.95. The van der Waals surface area contributed by atoms with Gasteiger partial charge >= 0.3 is 0 Å². The van der Waals surface area contributed by atoms with Crippen LogP contribution in [-0.2, 0) is 4.74 Å². The Labute approximate surface area is 114 Å². The molecule has 0 bridgehead atoms. The van der Waals surface area contributed by atoms with Crippen molar-refractivity contribution in [3.8, 4) is 0 Å². The topological polar surface area (TPSA) is 50.4 Å². The summed E-state index contributed by atoms with van der Waals surface area (Å²) in [6.45, 7) is 4.78. The van der Waals surface area contributed by atoms with Crippen molar-refractivity contribution in [3.05, 3.63) is 29.3 Å². The maximum Gasteiger partial charge on any atom is 0.251 e. The van der Waals surface area contributed by atoms with Gasteiger partial charge in [-0.2, -0.15) is 0 Å². The number of hydrogen-bond acceptors (Lipinski definition) is 3. The van der Waals surface area contributed by atoms with E-state index in [0.29, 0.717) is 12.1 Å². The zero-order valence-corrected chi connectivity index (χ0v) is 11.8. The summed E-state index contributed by atoms with van der Waals surface area (Å²) in [5.41, 5.74) is 2.77. The van der Waals surface area contributed by atoms with Gasteiger partial charge in [-0.25, -0.2) is 0 Å². The first-order valence-electron chi connectivity index (χ1n) is 6.85. The smallest absolute Gasteiger partial charge is 0.251 e. The van der Waals surface area contributed by atoms with Crippen LogP contribution in [-0.4, -0.2) is 31.7 Å². The molecule has 0 aliphatic heterocycles. The van der Waals surface area contributed by atoms with Crippen LogP contribution >= 0.6 is 0 Å². The Morgan fingerprint density at radius 2 is 2.16 bits per heavy atom. The van der Waals surface area contributed by atoms with Gasteiger partial charge in [-0.05, 0) is 44.4 Å². The molecule has 2 rings (SSSR count). The van der Waals surface area contributed by atoms with Crippen molar-refractivity contribution >= 4 is 11.6 Å². The number of benzene rings is 1. The number of amides is 1. The Balaban J connectivity index is 2.00. The molecular formula is C15H22N2O2. The number of rotatable bonds is 5. The third kappa shape index (κ3) is 3.07. The summed E-state index contributed by atoms with van der Waals surface area (Å²) >= 11 is 0. The first-order chi connectivity index (χ1) is 9.15. The average molecular weight is 262 g/mol. The SMILES string of the molecule is CCOC1CC(Nc2cccc(C(=O)NC)c2C)C1. The third-order valence-corrected chi connectivity index (χ3v) is 3.66. The molecule has 2 N–H and O–H groups in total. The van der Waals surface area contributed by atoms with Crippen LogP contribution in [0.25, 0.3) is 0 Å². The number of nitrogens with one attached hydrogen (secondary N) is 2. The van der Waals surface area contributed by atoms with Crippen molar-refractivity contribution in [2.45, 2.75) is 38.8 Å². The quantitative estimate of drug-likeness (QED) is 0.856. The zero-order valence-electron chi connectivity index (χ0n) is 11.8. The Morgan fingerprint density at radius 1 is 1.42 bits per heavy atom. The first-order valence-corrected chi connectivity index (χ1v) is 6.85. The highest BCUT2D eigenvalue weighted by atomic mass is 16.5. The van der Waals surface area contributed by atoms with Crippen LogP contribution in [0.5, 0.6) is 0 Å². The van der Waals surface area contributed by atoms with Gasteiger partial charge in [0.25, 0.3) is 5.91 Å². The van der Waals surface area contributed by atoms with Crippen LogP contribution in [0.3, 0.4) is 0 Å². The zero-order chi connectivity index (χ0) is 13.8. The molecule has 0 radical (unpaired) electrons. The lowest BCUT2D eigenvalue weighted by Crippen LogP contribution is -2.41. The molecule has 4 nitrogen and oxygen atoms in total. The molecule has 1 aromatic rings. The minimum absolute atomic E-state index is 0.0399. The van der Waals surface area contributed by atoms with E-state index in [1.165, 1.54) is 0 Å². The van der Waals surface area contributed by atoms with E-state index in [2.05, 4.69) is 10.6 Å². The summed E-state index contributed by atoms with van der Waals surface area (Å²) in [6.07, 6.45) is 2.47. The molecule has 104 valence electrons. The lowest BCUT2D eigenvalue weighted by atomic mass is 9.88. The van der Waals surface area contributed by atoms with Gasteiger partial charge in [0.15, 0.2) is 0 Å². The Morgan fingerprint density at radius 3 is 2.79 bits per heavy atom. The molecule has 1 amide bonds. The van der Waals surface area contributed by atoms with Crippen LogP contribution in [0.4, 0.5) is 5.69 Å². The maximum absolute atomic E-state index is 11.7. The highest BCUT2D eigenvalue weighted by Gasteiger charge is 2.29. The molecule has 1 aliphatic carbocycles. The predicted molar refractivity (Wildman–Crippen MR) is 76.6 cm³/mol. The van der Waals surface area contributed by atoms with E-state index in [1.54, 1.807) is 7.05 Å². The van der Waals surface area contributed by atoms with Gasteiger partial charge in [-0.3, -0.25) is 4.79 Å². The fraction of sp³-hybridized carbons (Fsp3) is 0.533. The number of anilines is 1. The number of carbonyl (C=O) groups excluding carboxylic acids is 1. The van der Waals surface area contributed by atoms with Crippen molar-refractivity contribution in [1.29, 1.82) is 0 Å². The van der Waals surface area contributed by atoms with Crippen molar-refractivity contribution < 1.29 is 9.53 Å². The lowest BCUT2D eigenvalue weighted by molar-refractivity contribution is 0.00298. The third-order valence-electron chi connectivity index (χ3n) is 3.66. The van der Waals surface area contributed by atoms with Gasteiger partial charge in [-0.1, -0.05) is 6.07 Å². The molecule has 19 heavy (non-hydrogen) atoms. The molecule has 1 saturated carbocycles. The lowest BCUT2D eigenvalue weighted by Gasteiger charge is -2.36. The number of hydrogen-bond donors (Lipinski definition) is 2. The Hall–Kier alpha value is -1.55.